The first kappa shape index (κ1) is 21.4. The number of hydrogen-bond acceptors (Lipinski definition) is 6. The van der Waals surface area contributed by atoms with Gasteiger partial charge in [0.15, 0.2) is 0 Å². The maximum atomic E-state index is 13.1. The van der Waals surface area contributed by atoms with Crippen molar-refractivity contribution in [3.05, 3.63) is 48.0 Å². The summed E-state index contributed by atoms with van der Waals surface area (Å²) in [6, 6.07) is 12.4. The third kappa shape index (κ3) is 4.49. The SMILES string of the molecule is COc1ccc(S(=O)(=O)NCC2(c3ccccc3OC)CCOCC2)c(OC)c1. The summed E-state index contributed by atoms with van der Waals surface area (Å²) in [5, 5.41) is 0. The second-order valence-corrected chi connectivity index (χ2v) is 8.67. The molecule has 158 valence electrons. The highest BCUT2D eigenvalue weighted by molar-refractivity contribution is 7.89. The van der Waals surface area contributed by atoms with Gasteiger partial charge in [-0.25, -0.2) is 13.1 Å². The number of hydrogen-bond donors (Lipinski definition) is 1. The van der Waals surface area contributed by atoms with Crippen LogP contribution < -0.4 is 18.9 Å². The highest BCUT2D eigenvalue weighted by Crippen LogP contribution is 2.40. The van der Waals surface area contributed by atoms with Gasteiger partial charge in [0.1, 0.15) is 22.1 Å². The Morgan fingerprint density at radius 3 is 2.31 bits per heavy atom. The van der Waals surface area contributed by atoms with Gasteiger partial charge in [0, 0.05) is 36.8 Å². The Kier molecular flexibility index (Phi) is 6.66. The van der Waals surface area contributed by atoms with Crippen molar-refractivity contribution in [3.63, 3.8) is 0 Å². The van der Waals surface area contributed by atoms with Crippen LogP contribution >= 0.6 is 0 Å². The Labute approximate surface area is 172 Å². The zero-order valence-electron chi connectivity index (χ0n) is 16.9. The molecule has 0 saturated carbocycles. The van der Waals surface area contributed by atoms with Crippen LogP contribution in [-0.4, -0.2) is 49.5 Å². The normalized spacial score (nSPS) is 16.2. The molecule has 1 heterocycles. The average Bonchev–Trinajstić information content (AvgIpc) is 2.77. The van der Waals surface area contributed by atoms with E-state index in [-0.39, 0.29) is 17.2 Å². The molecule has 1 fully saturated rings. The number of ether oxygens (including phenoxy) is 4. The van der Waals surface area contributed by atoms with Crippen LogP contribution in [0.15, 0.2) is 47.4 Å². The first-order valence-corrected chi connectivity index (χ1v) is 10.9. The van der Waals surface area contributed by atoms with Gasteiger partial charge in [0.05, 0.1) is 21.3 Å². The molecule has 29 heavy (non-hydrogen) atoms. The molecule has 1 saturated heterocycles. The molecule has 0 unspecified atom stereocenters. The van der Waals surface area contributed by atoms with Crippen LogP contribution in [0.5, 0.6) is 17.2 Å². The van der Waals surface area contributed by atoms with Gasteiger partial charge in [-0.05, 0) is 31.0 Å². The van der Waals surface area contributed by atoms with Crippen LogP contribution in [0.4, 0.5) is 0 Å². The van der Waals surface area contributed by atoms with Crippen molar-refractivity contribution in [1.82, 2.24) is 4.72 Å². The first-order valence-electron chi connectivity index (χ1n) is 9.39. The zero-order chi connectivity index (χ0) is 20.9. The predicted molar refractivity (Wildman–Crippen MR) is 109 cm³/mol. The van der Waals surface area contributed by atoms with Crippen molar-refractivity contribution in [2.24, 2.45) is 0 Å². The van der Waals surface area contributed by atoms with Gasteiger partial charge in [0.25, 0.3) is 0 Å². The largest absolute Gasteiger partial charge is 0.497 e. The molecular formula is C21H27NO6S. The summed E-state index contributed by atoms with van der Waals surface area (Å²) < 4.78 is 50.5. The molecule has 1 N–H and O–H groups in total. The molecule has 0 aromatic heterocycles. The van der Waals surface area contributed by atoms with Gasteiger partial charge < -0.3 is 18.9 Å². The smallest absolute Gasteiger partial charge is 0.244 e. The Hall–Kier alpha value is -2.29. The van der Waals surface area contributed by atoms with Crippen molar-refractivity contribution in [1.29, 1.82) is 0 Å². The van der Waals surface area contributed by atoms with Crippen LogP contribution in [0, 0.1) is 0 Å². The maximum Gasteiger partial charge on any atom is 0.244 e. The van der Waals surface area contributed by atoms with Crippen LogP contribution in [0.1, 0.15) is 18.4 Å². The summed E-state index contributed by atoms with van der Waals surface area (Å²) >= 11 is 0. The van der Waals surface area contributed by atoms with Gasteiger partial charge in [-0.3, -0.25) is 0 Å². The minimum absolute atomic E-state index is 0.0723. The fourth-order valence-corrected chi connectivity index (χ4v) is 4.97. The molecule has 8 heteroatoms. The number of nitrogens with one attached hydrogen (secondary N) is 1. The molecule has 3 rings (SSSR count). The molecule has 0 aliphatic carbocycles. The monoisotopic (exact) mass is 421 g/mol. The third-order valence-electron chi connectivity index (χ3n) is 5.39. The number of para-hydroxylation sites is 1. The molecule has 0 amide bonds. The van der Waals surface area contributed by atoms with Crippen LogP contribution in [-0.2, 0) is 20.2 Å². The van der Waals surface area contributed by atoms with E-state index >= 15 is 0 Å². The molecule has 1 aliphatic heterocycles. The Balaban J connectivity index is 1.92. The standard InChI is InChI=1S/C21H27NO6S/c1-25-16-8-9-20(19(14-16)27-3)29(23,24)22-15-21(10-12-28-13-11-21)17-6-4-5-7-18(17)26-2/h4-9,14,22H,10-13,15H2,1-3H3. The van der Waals surface area contributed by atoms with E-state index < -0.39 is 15.4 Å². The Morgan fingerprint density at radius 1 is 0.966 bits per heavy atom. The Bertz CT molecular complexity index is 938. The fourth-order valence-electron chi connectivity index (χ4n) is 3.69. The minimum Gasteiger partial charge on any atom is -0.497 e. The first-order chi connectivity index (χ1) is 14.0. The number of rotatable bonds is 8. The lowest BCUT2D eigenvalue weighted by atomic mass is 9.74. The molecule has 0 radical (unpaired) electrons. The summed E-state index contributed by atoms with van der Waals surface area (Å²) in [7, 11) is 0.768. The van der Waals surface area contributed by atoms with Crippen LogP contribution in [0.2, 0.25) is 0 Å². The molecule has 2 aromatic rings. The van der Waals surface area contributed by atoms with E-state index in [1.807, 2.05) is 24.3 Å². The van der Waals surface area contributed by atoms with E-state index in [9.17, 15) is 8.42 Å². The lowest BCUT2D eigenvalue weighted by Crippen LogP contribution is -2.44. The zero-order valence-corrected chi connectivity index (χ0v) is 17.8. The molecule has 2 aromatic carbocycles. The topological polar surface area (TPSA) is 83.1 Å². The summed E-state index contributed by atoms with van der Waals surface area (Å²) in [5.41, 5.74) is 0.563. The molecule has 0 atom stereocenters. The summed E-state index contributed by atoms with van der Waals surface area (Å²) in [6.07, 6.45) is 1.38. The summed E-state index contributed by atoms with van der Waals surface area (Å²) in [4.78, 5) is 0.0723. The van der Waals surface area contributed by atoms with Crippen molar-refractivity contribution >= 4 is 10.0 Å². The van der Waals surface area contributed by atoms with E-state index in [1.54, 1.807) is 19.2 Å². The van der Waals surface area contributed by atoms with E-state index in [1.165, 1.54) is 20.3 Å². The second kappa shape index (κ2) is 9.02. The van der Waals surface area contributed by atoms with E-state index in [2.05, 4.69) is 4.72 Å². The summed E-state index contributed by atoms with van der Waals surface area (Å²) in [6.45, 7) is 1.35. The van der Waals surface area contributed by atoms with Crippen LogP contribution in [0.3, 0.4) is 0 Å². The van der Waals surface area contributed by atoms with Gasteiger partial charge >= 0.3 is 0 Å². The quantitative estimate of drug-likeness (QED) is 0.706. The number of sulfonamides is 1. The highest BCUT2D eigenvalue weighted by Gasteiger charge is 2.38. The van der Waals surface area contributed by atoms with Gasteiger partial charge in [-0.2, -0.15) is 0 Å². The number of methoxy groups -OCH3 is 3. The fraction of sp³-hybridized carbons (Fsp3) is 0.429. The van der Waals surface area contributed by atoms with Gasteiger partial charge in [0.2, 0.25) is 10.0 Å². The summed E-state index contributed by atoms with van der Waals surface area (Å²) in [5.74, 6) is 1.50. The molecule has 7 nitrogen and oxygen atoms in total. The van der Waals surface area contributed by atoms with Gasteiger partial charge in [-0.1, -0.05) is 18.2 Å². The van der Waals surface area contributed by atoms with Crippen molar-refractivity contribution in [3.8, 4) is 17.2 Å². The maximum absolute atomic E-state index is 13.1. The predicted octanol–water partition coefficient (Wildman–Crippen LogP) is 2.74. The Morgan fingerprint density at radius 2 is 1.66 bits per heavy atom. The third-order valence-corrected chi connectivity index (χ3v) is 6.83. The van der Waals surface area contributed by atoms with Crippen molar-refractivity contribution < 1.29 is 27.4 Å². The van der Waals surface area contributed by atoms with E-state index in [4.69, 9.17) is 18.9 Å². The highest BCUT2D eigenvalue weighted by atomic mass is 32.2. The van der Waals surface area contributed by atoms with E-state index in [0.29, 0.717) is 31.8 Å². The molecule has 0 spiro atoms. The molecule has 1 aliphatic rings. The van der Waals surface area contributed by atoms with Crippen LogP contribution in [0.25, 0.3) is 0 Å². The minimum atomic E-state index is -3.81. The lowest BCUT2D eigenvalue weighted by molar-refractivity contribution is 0.0509. The number of benzene rings is 2. The second-order valence-electron chi connectivity index (χ2n) is 6.93. The molecule has 0 bridgehead atoms. The molecular weight excluding hydrogens is 394 g/mol. The average molecular weight is 422 g/mol. The van der Waals surface area contributed by atoms with Crippen molar-refractivity contribution in [2.75, 3.05) is 41.1 Å². The van der Waals surface area contributed by atoms with E-state index in [0.717, 1.165) is 11.3 Å². The van der Waals surface area contributed by atoms with Crippen molar-refractivity contribution in [2.45, 2.75) is 23.2 Å². The van der Waals surface area contributed by atoms with Gasteiger partial charge in [-0.15, -0.1) is 0 Å². The lowest BCUT2D eigenvalue weighted by Gasteiger charge is -2.38.